The molecule has 0 bridgehead atoms. The Kier molecular flexibility index (Phi) is 2.65. The van der Waals surface area contributed by atoms with Crippen LogP contribution < -0.4 is 10.6 Å². The number of hydrogen-bond acceptors (Lipinski definition) is 3. The molecule has 1 saturated heterocycles. The average molecular weight is 184 g/mol. The minimum Gasteiger partial charge on any atom is -0.317 e. The zero-order valence-electron chi connectivity index (χ0n) is 7.42. The van der Waals surface area contributed by atoms with Crippen LogP contribution in [0.25, 0.3) is 0 Å². The number of carbonyl (C=O) groups is 3. The van der Waals surface area contributed by atoms with Crippen LogP contribution in [0, 0.1) is 0 Å². The molecule has 0 saturated carbocycles. The van der Waals surface area contributed by atoms with Gasteiger partial charge in [-0.2, -0.15) is 0 Å². The zero-order chi connectivity index (χ0) is 9.90. The van der Waals surface area contributed by atoms with Crippen molar-refractivity contribution in [3.05, 3.63) is 0 Å². The predicted molar refractivity (Wildman–Crippen MR) is 45.0 cm³/mol. The lowest BCUT2D eigenvalue weighted by Crippen LogP contribution is -2.48. The molecule has 1 aliphatic heterocycles. The second-order valence-corrected chi connectivity index (χ2v) is 3.10. The highest BCUT2D eigenvalue weighted by Crippen LogP contribution is 2.15. The maximum Gasteiger partial charge on any atom is 0.322 e. The molecule has 1 atom stereocenters. The third kappa shape index (κ3) is 1.68. The Hall–Kier alpha value is -1.39. The Morgan fingerprint density at radius 3 is 2.54 bits per heavy atom. The van der Waals surface area contributed by atoms with Crippen molar-refractivity contribution in [3.8, 4) is 0 Å². The molecule has 72 valence electrons. The first-order chi connectivity index (χ1) is 6.14. The monoisotopic (exact) mass is 184 g/mol. The SMILES string of the molecule is CCCCC1(C=O)NC(=O)NC1=O. The highest BCUT2D eigenvalue weighted by molar-refractivity contribution is 6.15. The van der Waals surface area contributed by atoms with E-state index >= 15 is 0 Å². The van der Waals surface area contributed by atoms with Crippen LogP contribution in [0.2, 0.25) is 0 Å². The summed E-state index contributed by atoms with van der Waals surface area (Å²) < 4.78 is 0. The van der Waals surface area contributed by atoms with E-state index in [4.69, 9.17) is 0 Å². The number of amides is 3. The first-order valence-electron chi connectivity index (χ1n) is 4.24. The second kappa shape index (κ2) is 3.55. The molecule has 0 aromatic heterocycles. The first kappa shape index (κ1) is 9.70. The highest BCUT2D eigenvalue weighted by atomic mass is 16.2. The van der Waals surface area contributed by atoms with Crippen molar-refractivity contribution in [1.29, 1.82) is 0 Å². The van der Waals surface area contributed by atoms with E-state index in [2.05, 4.69) is 5.32 Å². The number of aldehydes is 1. The van der Waals surface area contributed by atoms with Gasteiger partial charge in [-0.05, 0) is 6.42 Å². The molecule has 0 aromatic carbocycles. The number of unbranched alkanes of at least 4 members (excludes halogenated alkanes) is 1. The Morgan fingerprint density at radius 2 is 2.15 bits per heavy atom. The van der Waals surface area contributed by atoms with E-state index < -0.39 is 17.5 Å². The van der Waals surface area contributed by atoms with Crippen molar-refractivity contribution < 1.29 is 14.4 Å². The van der Waals surface area contributed by atoms with E-state index in [1.54, 1.807) is 0 Å². The van der Waals surface area contributed by atoms with Crippen molar-refractivity contribution in [2.45, 2.75) is 31.7 Å². The number of imide groups is 1. The van der Waals surface area contributed by atoms with E-state index in [-0.39, 0.29) is 0 Å². The Balaban J connectivity index is 2.74. The fourth-order valence-corrected chi connectivity index (χ4v) is 1.28. The number of urea groups is 1. The van der Waals surface area contributed by atoms with Gasteiger partial charge in [0.05, 0.1) is 0 Å². The topological polar surface area (TPSA) is 75.3 Å². The van der Waals surface area contributed by atoms with Gasteiger partial charge >= 0.3 is 6.03 Å². The number of nitrogens with one attached hydrogen (secondary N) is 2. The number of carbonyl (C=O) groups excluding carboxylic acids is 3. The quantitative estimate of drug-likeness (QED) is 0.365. The van der Waals surface area contributed by atoms with Crippen LogP contribution >= 0.6 is 0 Å². The third-order valence-electron chi connectivity index (χ3n) is 2.09. The lowest BCUT2D eigenvalue weighted by atomic mass is 9.95. The van der Waals surface area contributed by atoms with Crippen molar-refractivity contribution in [2.24, 2.45) is 0 Å². The van der Waals surface area contributed by atoms with Crippen molar-refractivity contribution in [2.75, 3.05) is 0 Å². The molecule has 1 heterocycles. The average Bonchev–Trinajstić information content (AvgIpc) is 2.38. The van der Waals surface area contributed by atoms with Crippen molar-refractivity contribution >= 4 is 18.2 Å². The smallest absolute Gasteiger partial charge is 0.317 e. The summed E-state index contributed by atoms with van der Waals surface area (Å²) in [5.74, 6) is -0.541. The fourth-order valence-electron chi connectivity index (χ4n) is 1.28. The summed E-state index contributed by atoms with van der Waals surface area (Å²) in [5, 5.41) is 4.38. The van der Waals surface area contributed by atoms with Gasteiger partial charge in [0, 0.05) is 0 Å². The molecular formula is C8H12N2O3. The number of rotatable bonds is 4. The standard InChI is InChI=1S/C8H12N2O3/c1-2-3-4-8(5-11)6(12)9-7(13)10-8/h5H,2-4H2,1H3,(H2,9,10,12,13). The normalized spacial score (nSPS) is 26.8. The van der Waals surface area contributed by atoms with Crippen molar-refractivity contribution in [1.82, 2.24) is 10.6 Å². The molecule has 2 N–H and O–H groups in total. The zero-order valence-corrected chi connectivity index (χ0v) is 7.42. The minimum absolute atomic E-state index is 0.366. The van der Waals surface area contributed by atoms with Crippen molar-refractivity contribution in [3.63, 3.8) is 0 Å². The van der Waals surface area contributed by atoms with Gasteiger partial charge in [-0.3, -0.25) is 10.1 Å². The van der Waals surface area contributed by atoms with Gasteiger partial charge in [0.25, 0.3) is 5.91 Å². The van der Waals surface area contributed by atoms with E-state index in [1.165, 1.54) is 0 Å². The van der Waals surface area contributed by atoms with Crippen LogP contribution in [0.4, 0.5) is 4.79 Å². The highest BCUT2D eigenvalue weighted by Gasteiger charge is 2.45. The number of hydrogen-bond donors (Lipinski definition) is 2. The lowest BCUT2D eigenvalue weighted by molar-refractivity contribution is -0.129. The summed E-state index contributed by atoms with van der Waals surface area (Å²) in [7, 11) is 0. The van der Waals surface area contributed by atoms with Gasteiger partial charge in [-0.15, -0.1) is 0 Å². The summed E-state index contributed by atoms with van der Waals surface area (Å²) in [5.41, 5.74) is -1.31. The molecule has 5 heteroatoms. The summed E-state index contributed by atoms with van der Waals surface area (Å²) in [6, 6.07) is -0.590. The molecule has 0 radical (unpaired) electrons. The molecule has 13 heavy (non-hydrogen) atoms. The minimum atomic E-state index is -1.31. The molecule has 0 aliphatic carbocycles. The predicted octanol–water partition coefficient (Wildman–Crippen LogP) is -0.0463. The second-order valence-electron chi connectivity index (χ2n) is 3.10. The third-order valence-corrected chi connectivity index (χ3v) is 2.09. The van der Waals surface area contributed by atoms with Crippen LogP contribution in [0.1, 0.15) is 26.2 Å². The summed E-state index contributed by atoms with van der Waals surface area (Å²) in [6.45, 7) is 1.95. The summed E-state index contributed by atoms with van der Waals surface area (Å²) in [4.78, 5) is 32.7. The molecule has 0 aromatic rings. The van der Waals surface area contributed by atoms with Crippen LogP contribution in [-0.2, 0) is 9.59 Å². The molecule has 1 aliphatic rings. The van der Waals surface area contributed by atoms with Crippen LogP contribution in [0.3, 0.4) is 0 Å². The van der Waals surface area contributed by atoms with Crippen LogP contribution in [0.15, 0.2) is 0 Å². The van der Waals surface area contributed by atoms with Crippen LogP contribution in [0.5, 0.6) is 0 Å². The molecule has 3 amide bonds. The summed E-state index contributed by atoms with van der Waals surface area (Å²) >= 11 is 0. The largest absolute Gasteiger partial charge is 0.322 e. The maximum atomic E-state index is 11.2. The Bertz CT molecular complexity index is 252. The van der Waals surface area contributed by atoms with E-state index in [1.807, 2.05) is 12.2 Å². The van der Waals surface area contributed by atoms with Gasteiger partial charge in [0.15, 0.2) is 11.8 Å². The first-order valence-corrected chi connectivity index (χ1v) is 4.24. The summed E-state index contributed by atoms with van der Waals surface area (Å²) in [6.07, 6.45) is 2.47. The Labute approximate surface area is 75.9 Å². The molecule has 1 rings (SSSR count). The fraction of sp³-hybridized carbons (Fsp3) is 0.625. The molecule has 1 unspecified atom stereocenters. The van der Waals surface area contributed by atoms with Gasteiger partial charge in [-0.25, -0.2) is 4.79 Å². The Morgan fingerprint density at radius 1 is 1.46 bits per heavy atom. The van der Waals surface area contributed by atoms with Gasteiger partial charge in [-0.1, -0.05) is 19.8 Å². The molecule has 0 spiro atoms. The van der Waals surface area contributed by atoms with Gasteiger partial charge < -0.3 is 10.1 Å². The maximum absolute atomic E-state index is 11.2. The van der Waals surface area contributed by atoms with E-state index in [0.29, 0.717) is 12.7 Å². The lowest BCUT2D eigenvalue weighted by Gasteiger charge is -2.17. The van der Waals surface area contributed by atoms with Gasteiger partial charge in [0.2, 0.25) is 0 Å². The van der Waals surface area contributed by atoms with E-state index in [0.717, 1.165) is 12.8 Å². The molecule has 5 nitrogen and oxygen atoms in total. The van der Waals surface area contributed by atoms with Crippen LogP contribution in [-0.4, -0.2) is 23.8 Å². The van der Waals surface area contributed by atoms with Gasteiger partial charge in [0.1, 0.15) is 0 Å². The molecule has 1 fully saturated rings. The molecular weight excluding hydrogens is 172 g/mol. The van der Waals surface area contributed by atoms with E-state index in [9.17, 15) is 14.4 Å².